The predicted octanol–water partition coefficient (Wildman–Crippen LogP) is 23.1. The molecule has 0 aliphatic carbocycles. The fourth-order valence-electron chi connectivity index (χ4n) is 9.02. The summed E-state index contributed by atoms with van der Waals surface area (Å²) >= 11 is 24.1. The first-order valence-corrected chi connectivity index (χ1v) is 31.3. The topological polar surface area (TPSA) is 172 Å². The van der Waals surface area contributed by atoms with E-state index in [1.165, 1.54) is 33.4 Å². The highest BCUT2D eigenvalue weighted by atomic mass is 35.5. The second-order valence-corrected chi connectivity index (χ2v) is 23.8. The molecule has 3 N–H and O–H groups in total. The van der Waals surface area contributed by atoms with Gasteiger partial charge in [-0.1, -0.05) is 108 Å². The first-order chi connectivity index (χ1) is 42.3. The van der Waals surface area contributed by atoms with Crippen molar-refractivity contribution in [3.05, 3.63) is 265 Å². The molecule has 0 heterocycles. The van der Waals surface area contributed by atoms with Gasteiger partial charge in [0.05, 0.1) is 49.2 Å². The maximum absolute atomic E-state index is 10.9. The molecule has 0 bridgehead atoms. The molecule has 432 valence electrons. The lowest BCUT2D eigenvalue weighted by atomic mass is 9.90. The highest BCUT2D eigenvalue weighted by Crippen LogP contribution is 2.43. The second-order valence-electron chi connectivity index (χ2n) is 19.5. The number of azo groups is 3. The highest BCUT2D eigenvalue weighted by Gasteiger charge is 2.20. The van der Waals surface area contributed by atoms with Crippen molar-refractivity contribution in [2.24, 2.45) is 45.7 Å². The zero-order chi connectivity index (χ0) is 60.7. The van der Waals surface area contributed by atoms with Crippen molar-refractivity contribution in [3.63, 3.8) is 0 Å². The number of rotatable bonds is 21. The predicted molar refractivity (Wildman–Crippen MR) is 362 cm³/mol. The average Bonchev–Trinajstić information content (AvgIpc) is 3.27. The molecule has 10 aromatic carbocycles. The fourth-order valence-corrected chi connectivity index (χ4v) is 13.1. The average molecular weight is 1260 g/mol. The normalized spacial score (nSPS) is 11.9. The number of benzene rings is 10. The number of halogens is 3. The molecule has 0 fully saturated rings. The molecule has 0 aliphatic rings. The van der Waals surface area contributed by atoms with Crippen LogP contribution in [-0.4, -0.2) is 34.0 Å². The van der Waals surface area contributed by atoms with Crippen molar-refractivity contribution >= 4 is 140 Å². The number of phenolic OH excluding ortho intramolecular Hbond substituents is 3. The van der Waals surface area contributed by atoms with Gasteiger partial charge in [0.25, 0.3) is 0 Å². The Balaban J connectivity index is 0.932. The van der Waals surface area contributed by atoms with Gasteiger partial charge in [0, 0.05) is 67.3 Å². The van der Waals surface area contributed by atoms with Gasteiger partial charge >= 0.3 is 0 Å². The van der Waals surface area contributed by atoms with Gasteiger partial charge in [-0.3, -0.25) is 15.0 Å². The van der Waals surface area contributed by atoms with Crippen molar-refractivity contribution in [1.29, 1.82) is 0 Å². The summed E-state index contributed by atoms with van der Waals surface area (Å²) in [5.74, 6) is 2.11. The summed E-state index contributed by atoms with van der Waals surface area (Å²) in [6.07, 6.45) is 4.93. The Labute approximate surface area is 532 Å². The molecule has 10 rings (SSSR count). The third-order valence-electron chi connectivity index (χ3n) is 13.9. The van der Waals surface area contributed by atoms with E-state index in [9.17, 15) is 15.3 Å². The van der Waals surface area contributed by atoms with E-state index in [4.69, 9.17) is 49.8 Å². The minimum atomic E-state index is 0.0587. The smallest absolute Gasteiger partial charge is 0.124 e. The van der Waals surface area contributed by atoms with Gasteiger partial charge in [0.2, 0.25) is 0 Å². The van der Waals surface area contributed by atoms with Crippen molar-refractivity contribution in [3.8, 4) is 17.2 Å². The van der Waals surface area contributed by atoms with Crippen LogP contribution in [0.1, 0.15) is 50.1 Å². The van der Waals surface area contributed by atoms with E-state index in [-0.39, 0.29) is 17.2 Å². The van der Waals surface area contributed by atoms with Crippen LogP contribution in [0.4, 0.5) is 51.2 Å². The molecular formula is C69H54Cl3N9O3S3. The summed E-state index contributed by atoms with van der Waals surface area (Å²) in [5, 5.41) is 60.3. The number of nitrogens with zero attached hydrogens (tertiary/aromatic N) is 9. The molecule has 0 saturated carbocycles. The number of hydrogen-bond donors (Lipinski definition) is 3. The van der Waals surface area contributed by atoms with Gasteiger partial charge in [0.15, 0.2) is 0 Å². The van der Waals surface area contributed by atoms with Gasteiger partial charge in [-0.2, -0.15) is 15.3 Å². The zero-order valence-electron chi connectivity index (χ0n) is 47.1. The van der Waals surface area contributed by atoms with Gasteiger partial charge in [0.1, 0.15) is 34.3 Å². The van der Waals surface area contributed by atoms with Crippen LogP contribution in [0.15, 0.2) is 261 Å². The number of aliphatic imine (C=N–C) groups is 3. The zero-order valence-corrected chi connectivity index (χ0v) is 51.8. The largest absolute Gasteiger partial charge is 0.507 e. The van der Waals surface area contributed by atoms with Crippen LogP contribution < -0.4 is 0 Å². The van der Waals surface area contributed by atoms with Gasteiger partial charge in [-0.25, -0.2) is 0 Å². The lowest BCUT2D eigenvalue weighted by Gasteiger charge is -2.23. The van der Waals surface area contributed by atoms with E-state index in [0.717, 1.165) is 31.7 Å². The summed E-state index contributed by atoms with van der Waals surface area (Å²) in [5.41, 5.74) is 14.1. The van der Waals surface area contributed by atoms with Crippen LogP contribution in [0.25, 0.3) is 0 Å². The minimum absolute atomic E-state index is 0.0587. The second kappa shape index (κ2) is 29.6. The highest BCUT2D eigenvalue weighted by molar-refractivity contribution is 7.99. The lowest BCUT2D eigenvalue weighted by Crippen LogP contribution is -2.06. The SMILES string of the molecule is Cc1c(CSc2ccccc2N=Cc2cc(N=Nc3ccccc3Cl)ccc2O)c(C)c(CSc2ccccc2N=Cc2cc(N=Nc3ccccc3Cl)ccc2O)c(C)c1CSc1ccccc1N=Cc1cc(N=Nc2ccccc2Cl)ccc1O. The van der Waals surface area contributed by atoms with Crippen LogP contribution in [0, 0.1) is 20.8 Å². The molecule has 0 saturated heterocycles. The minimum Gasteiger partial charge on any atom is -0.507 e. The van der Waals surface area contributed by atoms with Crippen molar-refractivity contribution in [1.82, 2.24) is 0 Å². The maximum atomic E-state index is 10.9. The molecule has 0 radical (unpaired) electrons. The molecule has 0 amide bonds. The van der Waals surface area contributed by atoms with E-state index in [1.807, 2.05) is 91.0 Å². The first kappa shape index (κ1) is 61.4. The van der Waals surface area contributed by atoms with Crippen molar-refractivity contribution < 1.29 is 15.3 Å². The third kappa shape index (κ3) is 16.1. The van der Waals surface area contributed by atoms with E-state index in [2.05, 4.69) is 69.7 Å². The standard InChI is InChI=1S/C69H54Cl3N9O3S3/c1-43-52(40-85-67-25-13-10-22-61(67)73-37-46-34-49(28-31-64(46)82)76-79-58-19-7-4-16-55(58)70)44(2)54(42-87-69-27-15-12-24-63(69)75-39-48-36-51(30-33-66(48)84)78-81-60-21-9-6-18-57(60)72)45(3)53(43)41-86-68-26-14-11-23-62(68)74-38-47-35-50(29-32-65(47)83)77-80-59-20-8-5-17-56(59)71/h4-39,82-84H,40-42H2,1-3H3. The van der Waals surface area contributed by atoms with Crippen LogP contribution >= 0.6 is 70.1 Å². The molecule has 18 heteroatoms. The van der Waals surface area contributed by atoms with E-state index < -0.39 is 0 Å². The van der Waals surface area contributed by atoms with Crippen LogP contribution in [0.2, 0.25) is 15.1 Å². The van der Waals surface area contributed by atoms with Gasteiger partial charge in [-0.05, 0) is 182 Å². The Morgan fingerprint density at radius 2 is 0.575 bits per heavy atom. The summed E-state index contributed by atoms with van der Waals surface area (Å²) in [6, 6.07) is 60.6. The summed E-state index contributed by atoms with van der Waals surface area (Å²) in [6.45, 7) is 6.63. The molecule has 0 aromatic heterocycles. The number of hydrogen-bond acceptors (Lipinski definition) is 15. The lowest BCUT2D eigenvalue weighted by molar-refractivity contribution is 0.474. The summed E-state index contributed by atoms with van der Waals surface area (Å²) in [4.78, 5) is 17.6. The van der Waals surface area contributed by atoms with Gasteiger partial charge in [-0.15, -0.1) is 50.6 Å². The van der Waals surface area contributed by atoms with Crippen LogP contribution in [0.5, 0.6) is 17.2 Å². The van der Waals surface area contributed by atoms with Crippen LogP contribution in [-0.2, 0) is 17.3 Å². The Bertz CT molecular complexity index is 3890. The van der Waals surface area contributed by atoms with E-state index in [1.54, 1.807) is 145 Å². The molecule has 10 aromatic rings. The molecular weight excluding hydrogens is 1210 g/mol. The van der Waals surface area contributed by atoms with Gasteiger partial charge < -0.3 is 15.3 Å². The Morgan fingerprint density at radius 3 is 0.851 bits per heavy atom. The molecule has 0 atom stereocenters. The summed E-state index contributed by atoms with van der Waals surface area (Å²) in [7, 11) is 0. The Hall–Kier alpha value is -8.67. The van der Waals surface area contributed by atoms with E-state index in [0.29, 0.717) is 83.1 Å². The molecule has 0 aliphatic heterocycles. The van der Waals surface area contributed by atoms with Crippen molar-refractivity contribution in [2.45, 2.75) is 52.7 Å². The number of para-hydroxylation sites is 3. The Morgan fingerprint density at radius 1 is 0.322 bits per heavy atom. The maximum Gasteiger partial charge on any atom is 0.124 e. The quantitative estimate of drug-likeness (QED) is 0.0367. The number of thioether (sulfide) groups is 3. The molecule has 0 spiro atoms. The summed E-state index contributed by atoms with van der Waals surface area (Å²) < 4.78 is 0. The molecule has 12 nitrogen and oxygen atoms in total. The third-order valence-corrected chi connectivity index (χ3v) is 18.1. The number of phenols is 3. The van der Waals surface area contributed by atoms with E-state index >= 15 is 0 Å². The van der Waals surface area contributed by atoms with Crippen molar-refractivity contribution in [2.75, 3.05) is 0 Å². The monoisotopic (exact) mass is 1260 g/mol. The number of aromatic hydroxyl groups is 3. The first-order valence-electron chi connectivity index (χ1n) is 27.2. The Kier molecular flexibility index (Phi) is 20.9. The fraction of sp³-hybridized carbons (Fsp3) is 0.0870. The molecule has 0 unspecified atom stereocenters. The van der Waals surface area contributed by atoms with Crippen LogP contribution in [0.3, 0.4) is 0 Å². The molecule has 87 heavy (non-hydrogen) atoms.